The first-order valence-electron chi connectivity index (χ1n) is 3.84. The second kappa shape index (κ2) is 3.48. The normalized spacial score (nSPS) is 27.3. The van der Waals surface area contributed by atoms with E-state index in [0.717, 1.165) is 10.6 Å². The molecule has 1 saturated heterocycles. The van der Waals surface area contributed by atoms with E-state index in [0.29, 0.717) is 5.41 Å². The summed E-state index contributed by atoms with van der Waals surface area (Å²) in [5.74, 6) is 1.38. The van der Waals surface area contributed by atoms with Crippen LogP contribution in [0.4, 0.5) is 0 Å². The molecule has 0 radical (unpaired) electrons. The Bertz CT molecular complexity index is 106. The van der Waals surface area contributed by atoms with Crippen molar-refractivity contribution in [3.8, 4) is 0 Å². The molecule has 0 aromatic carbocycles. The van der Waals surface area contributed by atoms with Gasteiger partial charge in [0.15, 0.2) is 0 Å². The smallest absolute Gasteiger partial charge is 0.0106 e. The van der Waals surface area contributed by atoms with Gasteiger partial charge in [0.25, 0.3) is 0 Å². The molecule has 2 heteroatoms. The molecule has 1 aliphatic rings. The van der Waals surface area contributed by atoms with Gasteiger partial charge in [0.1, 0.15) is 0 Å². The molecule has 1 unspecified atom stereocenters. The van der Waals surface area contributed by atoms with Crippen LogP contribution in [0.5, 0.6) is 0 Å². The van der Waals surface area contributed by atoms with Crippen LogP contribution in [-0.2, 0) is 0 Å². The van der Waals surface area contributed by atoms with Gasteiger partial charge in [-0.2, -0.15) is 11.8 Å². The lowest BCUT2D eigenvalue weighted by molar-refractivity contribution is 0.399. The minimum absolute atomic E-state index is 0.501. The van der Waals surface area contributed by atoms with Crippen molar-refractivity contribution >= 4 is 27.7 Å². The molecule has 0 N–H and O–H groups in total. The third kappa shape index (κ3) is 1.91. The molecule has 0 aromatic heterocycles. The summed E-state index contributed by atoms with van der Waals surface area (Å²) >= 11 is 5.71. The lowest BCUT2D eigenvalue weighted by Crippen LogP contribution is -2.25. The van der Waals surface area contributed by atoms with Crippen LogP contribution >= 0.6 is 27.7 Å². The molecule has 1 aliphatic heterocycles. The van der Waals surface area contributed by atoms with Crippen molar-refractivity contribution < 1.29 is 0 Å². The van der Waals surface area contributed by atoms with Crippen molar-refractivity contribution in [1.82, 2.24) is 0 Å². The third-order valence-electron chi connectivity index (χ3n) is 2.15. The van der Waals surface area contributed by atoms with E-state index in [1.54, 1.807) is 0 Å². The molecule has 1 rings (SSSR count). The van der Waals surface area contributed by atoms with Crippen molar-refractivity contribution in [3.05, 3.63) is 0 Å². The van der Waals surface area contributed by atoms with Crippen LogP contribution in [0, 0.1) is 5.41 Å². The summed E-state index contributed by atoms with van der Waals surface area (Å²) in [5, 5.41) is 2.03. The average molecular weight is 223 g/mol. The number of hydrogen-bond donors (Lipinski definition) is 0. The van der Waals surface area contributed by atoms with Crippen LogP contribution in [0.15, 0.2) is 0 Å². The summed E-state index contributed by atoms with van der Waals surface area (Å²) < 4.78 is 0. The first-order chi connectivity index (χ1) is 4.67. The summed E-state index contributed by atoms with van der Waals surface area (Å²) in [5.41, 5.74) is 0.501. The first kappa shape index (κ1) is 8.92. The summed E-state index contributed by atoms with van der Waals surface area (Å²) in [6.45, 7) is 4.70. The Morgan fingerprint density at radius 2 is 2.30 bits per heavy atom. The van der Waals surface area contributed by atoms with Gasteiger partial charge in [-0.05, 0) is 24.0 Å². The highest BCUT2D eigenvalue weighted by Crippen LogP contribution is 2.40. The van der Waals surface area contributed by atoms with E-state index < -0.39 is 0 Å². The lowest BCUT2D eigenvalue weighted by atomic mass is 9.89. The van der Waals surface area contributed by atoms with Gasteiger partial charge in [-0.3, -0.25) is 0 Å². The number of rotatable bonds is 2. The molecule has 10 heavy (non-hydrogen) atoms. The molecular weight excluding hydrogens is 208 g/mol. The Morgan fingerprint density at radius 1 is 1.60 bits per heavy atom. The zero-order chi connectivity index (χ0) is 7.61. The zero-order valence-electron chi connectivity index (χ0n) is 6.69. The largest absolute Gasteiger partial charge is 0.158 e. The van der Waals surface area contributed by atoms with Crippen LogP contribution < -0.4 is 0 Å². The maximum atomic E-state index is 3.57. The Hall–Kier alpha value is 0.830. The maximum absolute atomic E-state index is 3.57. The predicted octanol–water partition coefficient (Wildman–Crippen LogP) is 3.30. The highest BCUT2D eigenvalue weighted by molar-refractivity contribution is 9.09. The Morgan fingerprint density at radius 3 is 2.70 bits per heavy atom. The van der Waals surface area contributed by atoms with Gasteiger partial charge in [-0.15, -0.1) is 0 Å². The van der Waals surface area contributed by atoms with E-state index >= 15 is 0 Å². The van der Waals surface area contributed by atoms with E-state index in [1.807, 2.05) is 0 Å². The standard InChI is InChI=1S/C8H15BrS/c1-8(2,6-9)7-4-3-5-10-7/h7H,3-6H2,1-2H3. The number of halogens is 1. The summed E-state index contributed by atoms with van der Waals surface area (Å²) in [6.07, 6.45) is 2.84. The van der Waals surface area contributed by atoms with Crippen LogP contribution in [0.3, 0.4) is 0 Å². The first-order valence-corrected chi connectivity index (χ1v) is 6.01. The minimum Gasteiger partial charge on any atom is -0.158 e. The minimum atomic E-state index is 0.501. The maximum Gasteiger partial charge on any atom is 0.0106 e. The van der Waals surface area contributed by atoms with Gasteiger partial charge in [0, 0.05) is 10.6 Å². The fourth-order valence-corrected chi connectivity index (χ4v) is 3.37. The Labute approximate surface area is 76.3 Å². The third-order valence-corrected chi connectivity index (χ3v) is 5.39. The molecule has 60 valence electrons. The average Bonchev–Trinajstić information content (AvgIpc) is 2.38. The molecule has 0 amide bonds. The second-order valence-corrected chi connectivity index (χ2v) is 5.50. The lowest BCUT2D eigenvalue weighted by Gasteiger charge is -2.28. The molecule has 0 nitrogen and oxygen atoms in total. The van der Waals surface area contributed by atoms with Crippen LogP contribution in [-0.4, -0.2) is 16.3 Å². The van der Waals surface area contributed by atoms with Crippen LogP contribution in [0.2, 0.25) is 0 Å². The van der Waals surface area contributed by atoms with Gasteiger partial charge in [-0.1, -0.05) is 29.8 Å². The van der Waals surface area contributed by atoms with Crippen LogP contribution in [0.1, 0.15) is 26.7 Å². The monoisotopic (exact) mass is 222 g/mol. The van der Waals surface area contributed by atoms with Crippen molar-refractivity contribution in [1.29, 1.82) is 0 Å². The SMILES string of the molecule is CC(C)(CBr)C1CCCS1. The molecular formula is C8H15BrS. The van der Waals surface area contributed by atoms with E-state index in [4.69, 9.17) is 0 Å². The fraction of sp³-hybridized carbons (Fsp3) is 1.00. The fourth-order valence-electron chi connectivity index (χ4n) is 1.28. The van der Waals surface area contributed by atoms with Gasteiger partial charge in [0.2, 0.25) is 0 Å². The van der Waals surface area contributed by atoms with Gasteiger partial charge < -0.3 is 0 Å². The van der Waals surface area contributed by atoms with E-state index in [1.165, 1.54) is 18.6 Å². The van der Waals surface area contributed by atoms with Crippen molar-refractivity contribution in [2.75, 3.05) is 11.1 Å². The number of hydrogen-bond acceptors (Lipinski definition) is 1. The van der Waals surface area contributed by atoms with Gasteiger partial charge >= 0.3 is 0 Å². The molecule has 0 bridgehead atoms. The summed E-state index contributed by atoms with van der Waals surface area (Å²) in [6, 6.07) is 0. The molecule has 1 atom stereocenters. The number of thioether (sulfide) groups is 1. The highest BCUT2D eigenvalue weighted by atomic mass is 79.9. The molecule has 0 saturated carbocycles. The number of alkyl halides is 1. The van der Waals surface area contributed by atoms with Gasteiger partial charge in [-0.25, -0.2) is 0 Å². The van der Waals surface area contributed by atoms with Crippen molar-refractivity contribution in [3.63, 3.8) is 0 Å². The summed E-state index contributed by atoms with van der Waals surface area (Å²) in [4.78, 5) is 0. The molecule has 1 fully saturated rings. The van der Waals surface area contributed by atoms with E-state index in [9.17, 15) is 0 Å². The zero-order valence-corrected chi connectivity index (χ0v) is 9.09. The van der Waals surface area contributed by atoms with E-state index in [-0.39, 0.29) is 0 Å². The van der Waals surface area contributed by atoms with E-state index in [2.05, 4.69) is 41.5 Å². The summed E-state index contributed by atoms with van der Waals surface area (Å²) in [7, 11) is 0. The molecule has 0 aliphatic carbocycles. The van der Waals surface area contributed by atoms with Crippen LogP contribution in [0.25, 0.3) is 0 Å². The second-order valence-electron chi connectivity index (χ2n) is 3.62. The quantitative estimate of drug-likeness (QED) is 0.647. The van der Waals surface area contributed by atoms with Crippen molar-refractivity contribution in [2.24, 2.45) is 5.41 Å². The topological polar surface area (TPSA) is 0 Å². The molecule has 1 heterocycles. The van der Waals surface area contributed by atoms with Crippen molar-refractivity contribution in [2.45, 2.75) is 31.9 Å². The molecule has 0 spiro atoms. The molecule has 0 aromatic rings. The Balaban J connectivity index is 2.45. The highest BCUT2D eigenvalue weighted by Gasteiger charge is 2.31. The van der Waals surface area contributed by atoms with Gasteiger partial charge in [0.05, 0.1) is 0 Å². The Kier molecular flexibility index (Phi) is 3.11. The predicted molar refractivity (Wildman–Crippen MR) is 53.1 cm³/mol.